The van der Waals surface area contributed by atoms with Crippen molar-refractivity contribution in [1.29, 1.82) is 0 Å². The molecule has 0 aromatic heterocycles. The summed E-state index contributed by atoms with van der Waals surface area (Å²) in [4.78, 5) is 14.5. The molecule has 6 heteroatoms. The van der Waals surface area contributed by atoms with E-state index >= 15 is 0 Å². The Balaban J connectivity index is 2.07. The number of hydrogen-bond donors (Lipinski definition) is 2. The first-order chi connectivity index (χ1) is 11.6. The molecule has 1 fully saturated rings. The van der Waals surface area contributed by atoms with Crippen LogP contribution in [0.25, 0.3) is 0 Å². The Kier molecular flexibility index (Phi) is 7.34. The van der Waals surface area contributed by atoms with Gasteiger partial charge in [0.2, 0.25) is 0 Å². The Morgan fingerprint density at radius 1 is 1.29 bits per heavy atom. The van der Waals surface area contributed by atoms with E-state index in [2.05, 4.69) is 5.32 Å². The van der Waals surface area contributed by atoms with Crippen molar-refractivity contribution < 1.29 is 19.4 Å². The number of nitrogens with zero attached hydrogens (tertiary/aromatic N) is 1. The zero-order valence-electron chi connectivity index (χ0n) is 14.5. The van der Waals surface area contributed by atoms with E-state index in [0.717, 1.165) is 37.0 Å². The molecule has 1 aliphatic rings. The van der Waals surface area contributed by atoms with Gasteiger partial charge in [-0.2, -0.15) is 0 Å². The molecule has 1 aromatic carbocycles. The van der Waals surface area contributed by atoms with Crippen molar-refractivity contribution >= 4 is 6.03 Å². The zero-order chi connectivity index (χ0) is 17.4. The monoisotopic (exact) mass is 336 g/mol. The number of nitrogens with one attached hydrogen (secondary N) is 1. The van der Waals surface area contributed by atoms with E-state index in [0.29, 0.717) is 19.7 Å². The average Bonchev–Trinajstić information content (AvgIpc) is 2.61. The molecule has 0 bridgehead atoms. The summed E-state index contributed by atoms with van der Waals surface area (Å²) in [5, 5.41) is 12.6. The van der Waals surface area contributed by atoms with Gasteiger partial charge in [0, 0.05) is 26.2 Å². The first-order valence-corrected chi connectivity index (χ1v) is 8.48. The Morgan fingerprint density at radius 3 is 2.71 bits per heavy atom. The number of urea groups is 1. The molecule has 0 atom stereocenters. The average molecular weight is 336 g/mol. The Morgan fingerprint density at radius 2 is 2.04 bits per heavy atom. The Labute approximate surface area is 143 Å². The van der Waals surface area contributed by atoms with Gasteiger partial charge in [-0.15, -0.1) is 0 Å². The lowest BCUT2D eigenvalue weighted by Crippen LogP contribution is -2.48. The molecule has 0 aliphatic heterocycles. The molecule has 0 spiro atoms. The normalized spacial score (nSPS) is 20.5. The summed E-state index contributed by atoms with van der Waals surface area (Å²) >= 11 is 0. The summed E-state index contributed by atoms with van der Waals surface area (Å²) in [6.07, 6.45) is 2.89. The van der Waals surface area contributed by atoms with E-state index in [-0.39, 0.29) is 18.2 Å². The zero-order valence-corrected chi connectivity index (χ0v) is 14.5. The predicted molar refractivity (Wildman–Crippen MR) is 92.1 cm³/mol. The number of aliphatic hydroxyl groups excluding tert-OH is 1. The minimum absolute atomic E-state index is 0.0868. The van der Waals surface area contributed by atoms with Crippen LogP contribution in [0.2, 0.25) is 0 Å². The molecule has 0 radical (unpaired) electrons. The van der Waals surface area contributed by atoms with Crippen LogP contribution in [0.1, 0.15) is 31.2 Å². The van der Waals surface area contributed by atoms with Crippen LogP contribution in [-0.2, 0) is 11.3 Å². The molecule has 0 unspecified atom stereocenters. The lowest BCUT2D eigenvalue weighted by atomic mass is 9.92. The second-order valence-corrected chi connectivity index (χ2v) is 6.17. The van der Waals surface area contributed by atoms with Gasteiger partial charge in [0.05, 0.1) is 19.8 Å². The minimum atomic E-state index is -0.239. The molecule has 2 amide bonds. The molecule has 134 valence electrons. The van der Waals surface area contributed by atoms with Gasteiger partial charge < -0.3 is 24.8 Å². The lowest BCUT2D eigenvalue weighted by molar-refractivity contribution is 0.0811. The fraction of sp³-hybridized carbons (Fsp3) is 0.611. The largest absolute Gasteiger partial charge is 0.497 e. The van der Waals surface area contributed by atoms with Gasteiger partial charge in [-0.1, -0.05) is 12.1 Å². The van der Waals surface area contributed by atoms with Gasteiger partial charge in [-0.25, -0.2) is 4.79 Å². The SMILES string of the molecule is COCCNC(=O)N(Cc1cccc(OC)c1)C1CCC(O)CC1. The molecule has 2 N–H and O–H groups in total. The summed E-state index contributed by atoms with van der Waals surface area (Å²) < 4.78 is 10.3. The van der Waals surface area contributed by atoms with Crippen molar-refractivity contribution in [3.63, 3.8) is 0 Å². The molecule has 1 aliphatic carbocycles. The smallest absolute Gasteiger partial charge is 0.318 e. The Bertz CT molecular complexity index is 515. The van der Waals surface area contributed by atoms with Crippen LogP contribution in [0.4, 0.5) is 4.79 Å². The number of hydrogen-bond acceptors (Lipinski definition) is 4. The van der Waals surface area contributed by atoms with Crippen LogP contribution in [0.5, 0.6) is 5.75 Å². The van der Waals surface area contributed by atoms with Crippen molar-refractivity contribution in [3.8, 4) is 5.75 Å². The van der Waals surface area contributed by atoms with Gasteiger partial charge in [0.1, 0.15) is 5.75 Å². The first-order valence-electron chi connectivity index (χ1n) is 8.48. The number of benzene rings is 1. The maximum atomic E-state index is 12.6. The maximum absolute atomic E-state index is 12.6. The second-order valence-electron chi connectivity index (χ2n) is 6.17. The fourth-order valence-corrected chi connectivity index (χ4v) is 3.07. The summed E-state index contributed by atoms with van der Waals surface area (Å²) in [7, 11) is 3.25. The highest BCUT2D eigenvalue weighted by Crippen LogP contribution is 2.25. The molecular formula is C18H28N2O4. The second kappa shape index (κ2) is 9.49. The van der Waals surface area contributed by atoms with Crippen molar-refractivity contribution in [2.24, 2.45) is 0 Å². The molecule has 24 heavy (non-hydrogen) atoms. The number of amides is 2. The predicted octanol–water partition coefficient (Wildman–Crippen LogP) is 2.16. The van der Waals surface area contributed by atoms with E-state index in [1.54, 1.807) is 14.2 Å². The fourth-order valence-electron chi connectivity index (χ4n) is 3.07. The lowest BCUT2D eigenvalue weighted by Gasteiger charge is -2.36. The maximum Gasteiger partial charge on any atom is 0.318 e. The van der Waals surface area contributed by atoms with Gasteiger partial charge in [0.25, 0.3) is 0 Å². The van der Waals surface area contributed by atoms with Crippen LogP contribution >= 0.6 is 0 Å². The highest BCUT2D eigenvalue weighted by molar-refractivity contribution is 5.74. The summed E-state index contributed by atoms with van der Waals surface area (Å²) in [6, 6.07) is 7.82. The molecule has 0 saturated heterocycles. The first kappa shape index (κ1) is 18.5. The number of carbonyl (C=O) groups is 1. The highest BCUT2D eigenvalue weighted by atomic mass is 16.5. The molecule has 6 nitrogen and oxygen atoms in total. The van der Waals surface area contributed by atoms with Crippen LogP contribution < -0.4 is 10.1 Å². The summed E-state index contributed by atoms with van der Waals surface area (Å²) in [5.41, 5.74) is 1.03. The molecule has 1 saturated carbocycles. The Hall–Kier alpha value is -1.79. The van der Waals surface area contributed by atoms with Crippen LogP contribution in [0.15, 0.2) is 24.3 Å². The number of carbonyl (C=O) groups excluding carboxylic acids is 1. The number of rotatable bonds is 7. The molecule has 2 rings (SSSR count). The van der Waals surface area contributed by atoms with E-state index in [4.69, 9.17) is 9.47 Å². The van der Waals surface area contributed by atoms with E-state index in [1.807, 2.05) is 29.2 Å². The summed E-state index contributed by atoms with van der Waals surface area (Å²) in [6.45, 7) is 1.50. The van der Waals surface area contributed by atoms with Crippen LogP contribution in [-0.4, -0.2) is 55.6 Å². The van der Waals surface area contributed by atoms with Crippen LogP contribution in [0, 0.1) is 0 Å². The standard InChI is InChI=1S/C18H28N2O4/c1-23-11-10-19-18(22)20(15-6-8-16(21)9-7-15)13-14-4-3-5-17(12-14)24-2/h3-5,12,15-16,21H,6-11,13H2,1-2H3,(H,19,22). The van der Waals surface area contributed by atoms with E-state index in [1.165, 1.54) is 0 Å². The third-order valence-corrected chi connectivity index (χ3v) is 4.44. The van der Waals surface area contributed by atoms with Crippen molar-refractivity contribution in [2.45, 2.75) is 44.4 Å². The van der Waals surface area contributed by atoms with Crippen molar-refractivity contribution in [3.05, 3.63) is 29.8 Å². The van der Waals surface area contributed by atoms with Crippen molar-refractivity contribution in [1.82, 2.24) is 10.2 Å². The number of aliphatic hydroxyl groups is 1. The van der Waals surface area contributed by atoms with Crippen LogP contribution in [0.3, 0.4) is 0 Å². The summed E-state index contributed by atoms with van der Waals surface area (Å²) in [5.74, 6) is 0.784. The van der Waals surface area contributed by atoms with E-state index < -0.39 is 0 Å². The number of ether oxygens (including phenoxy) is 2. The quantitative estimate of drug-likeness (QED) is 0.749. The minimum Gasteiger partial charge on any atom is -0.497 e. The van der Waals surface area contributed by atoms with Gasteiger partial charge in [-0.05, 0) is 43.4 Å². The third kappa shape index (κ3) is 5.39. The van der Waals surface area contributed by atoms with Gasteiger partial charge >= 0.3 is 6.03 Å². The number of methoxy groups -OCH3 is 2. The molecule has 1 aromatic rings. The highest BCUT2D eigenvalue weighted by Gasteiger charge is 2.28. The van der Waals surface area contributed by atoms with Gasteiger partial charge in [-0.3, -0.25) is 0 Å². The van der Waals surface area contributed by atoms with Gasteiger partial charge in [0.15, 0.2) is 0 Å². The molecular weight excluding hydrogens is 308 g/mol. The topological polar surface area (TPSA) is 71.0 Å². The molecule has 0 heterocycles. The third-order valence-electron chi connectivity index (χ3n) is 4.44. The van der Waals surface area contributed by atoms with Crippen molar-refractivity contribution in [2.75, 3.05) is 27.4 Å². The van der Waals surface area contributed by atoms with E-state index in [9.17, 15) is 9.90 Å².